The monoisotopic (exact) mass is 403 g/mol. The number of rotatable bonds is 6. The first kappa shape index (κ1) is 18.4. The van der Waals surface area contributed by atoms with Crippen LogP contribution in [0.4, 0.5) is 8.78 Å². The largest absolute Gasteiger partial charge is 0.506 e. The molecular weight excluding hydrogens is 388 g/mol. The first-order valence-electron chi connectivity index (χ1n) is 7.26. The zero-order valence-corrected chi connectivity index (χ0v) is 14.7. The number of benzene rings is 1. The van der Waals surface area contributed by atoms with Crippen molar-refractivity contribution < 1.29 is 28.2 Å². The van der Waals surface area contributed by atoms with Gasteiger partial charge in [-0.25, -0.2) is 13.6 Å². The molecule has 1 N–H and O–H groups in total. The molecular formula is C16H16BrF2NO4. The molecule has 0 atom stereocenters. The Kier molecular flexibility index (Phi) is 5.93. The number of carbonyl (C=O) groups is 1. The molecule has 0 radical (unpaired) electrons. The lowest BCUT2D eigenvalue weighted by molar-refractivity contribution is -0.137. The summed E-state index contributed by atoms with van der Waals surface area (Å²) in [5.74, 6) is -3.91. The number of aliphatic imine (C=N–C) groups is 1. The fourth-order valence-corrected chi connectivity index (χ4v) is 2.35. The van der Waals surface area contributed by atoms with Crippen LogP contribution in [-0.4, -0.2) is 37.0 Å². The maximum absolute atomic E-state index is 14.5. The Morgan fingerprint density at radius 3 is 2.71 bits per heavy atom. The number of hydrogen-bond donors (Lipinski definition) is 1. The molecule has 1 fully saturated rings. The molecule has 2 rings (SSSR count). The fourth-order valence-electron chi connectivity index (χ4n) is 1.90. The van der Waals surface area contributed by atoms with Gasteiger partial charge in [0.25, 0.3) is 0 Å². The predicted octanol–water partition coefficient (Wildman–Crippen LogP) is 3.80. The third kappa shape index (κ3) is 3.92. The molecule has 1 aromatic rings. The Balaban J connectivity index is 2.57. The summed E-state index contributed by atoms with van der Waals surface area (Å²) in [6, 6.07) is 0.838. The van der Waals surface area contributed by atoms with Gasteiger partial charge in [0.05, 0.1) is 29.8 Å². The zero-order chi connectivity index (χ0) is 17.9. The Morgan fingerprint density at radius 1 is 1.50 bits per heavy atom. The lowest BCUT2D eigenvalue weighted by atomic mass is 10.1. The van der Waals surface area contributed by atoms with Crippen molar-refractivity contribution in [2.45, 2.75) is 25.8 Å². The van der Waals surface area contributed by atoms with Crippen molar-refractivity contribution >= 4 is 33.9 Å². The molecule has 130 valence electrons. The van der Waals surface area contributed by atoms with Gasteiger partial charge in [-0.15, -0.1) is 0 Å². The Bertz CT molecular complexity index is 715. The molecule has 0 saturated heterocycles. The zero-order valence-electron chi connectivity index (χ0n) is 13.1. The van der Waals surface area contributed by atoms with Gasteiger partial charge < -0.3 is 14.6 Å². The number of ether oxygens (including phenoxy) is 2. The van der Waals surface area contributed by atoms with E-state index >= 15 is 0 Å². The normalized spacial score (nSPS) is 15.4. The Morgan fingerprint density at radius 2 is 2.17 bits per heavy atom. The van der Waals surface area contributed by atoms with Gasteiger partial charge in [0.1, 0.15) is 17.1 Å². The van der Waals surface area contributed by atoms with Gasteiger partial charge in [-0.1, -0.05) is 0 Å². The molecule has 8 heteroatoms. The molecule has 0 heterocycles. The fraction of sp³-hybridized carbons (Fsp3) is 0.375. The molecule has 5 nitrogen and oxygen atoms in total. The summed E-state index contributed by atoms with van der Waals surface area (Å²) in [4.78, 5) is 16.1. The van der Waals surface area contributed by atoms with Crippen LogP contribution in [0.15, 0.2) is 21.1 Å². The minimum Gasteiger partial charge on any atom is -0.506 e. The third-order valence-corrected chi connectivity index (χ3v) is 4.03. The SMILES string of the molecule is CCOC(=O)C(C=NC1CC1)=C(O)c1cc(F)c(Br)c(OC)c1F. The van der Waals surface area contributed by atoms with Crippen LogP contribution in [0.1, 0.15) is 25.3 Å². The number of carbonyl (C=O) groups excluding carboxylic acids is 1. The second-order valence-corrected chi connectivity index (χ2v) is 5.85. The smallest absolute Gasteiger partial charge is 0.343 e. The summed E-state index contributed by atoms with van der Waals surface area (Å²) in [5.41, 5.74) is -0.857. The minimum absolute atomic E-state index is 0.0629. The van der Waals surface area contributed by atoms with Crippen LogP contribution in [0.5, 0.6) is 5.75 Å². The molecule has 0 aliphatic heterocycles. The molecule has 1 aliphatic rings. The van der Waals surface area contributed by atoms with E-state index in [0.717, 1.165) is 32.2 Å². The lowest BCUT2D eigenvalue weighted by Gasteiger charge is -2.12. The highest BCUT2D eigenvalue weighted by Gasteiger charge is 2.25. The van der Waals surface area contributed by atoms with Crippen molar-refractivity contribution in [1.29, 1.82) is 0 Å². The van der Waals surface area contributed by atoms with Crippen LogP contribution >= 0.6 is 15.9 Å². The summed E-state index contributed by atoms with van der Waals surface area (Å²) in [6.45, 7) is 1.65. The van der Waals surface area contributed by atoms with E-state index in [2.05, 4.69) is 20.9 Å². The standard InChI is InChI=1S/C16H16BrF2NO4/c1-3-24-16(22)10(7-20-8-4-5-8)14(21)9-6-11(18)12(17)15(23-2)13(9)19/h6-8,21H,3-5H2,1-2H3. The highest BCUT2D eigenvalue weighted by molar-refractivity contribution is 9.10. The quantitative estimate of drug-likeness (QED) is 0.258. The average Bonchev–Trinajstić information content (AvgIpc) is 3.36. The summed E-state index contributed by atoms with van der Waals surface area (Å²) in [5, 5.41) is 10.3. The van der Waals surface area contributed by atoms with Crippen LogP contribution in [0.3, 0.4) is 0 Å². The average molecular weight is 404 g/mol. The van der Waals surface area contributed by atoms with Crippen LogP contribution < -0.4 is 4.74 Å². The number of nitrogens with zero attached hydrogens (tertiary/aromatic N) is 1. The summed E-state index contributed by atoms with van der Waals surface area (Å²) in [6.07, 6.45) is 2.89. The van der Waals surface area contributed by atoms with E-state index in [1.165, 1.54) is 0 Å². The Labute approximate surface area is 146 Å². The molecule has 0 aromatic heterocycles. The van der Waals surface area contributed by atoms with Crippen molar-refractivity contribution in [3.05, 3.63) is 33.3 Å². The van der Waals surface area contributed by atoms with E-state index in [9.17, 15) is 18.7 Å². The van der Waals surface area contributed by atoms with E-state index in [1.807, 2.05) is 0 Å². The van der Waals surface area contributed by atoms with Crippen LogP contribution in [0.25, 0.3) is 5.76 Å². The first-order chi connectivity index (χ1) is 11.4. The maximum Gasteiger partial charge on any atom is 0.343 e. The van der Waals surface area contributed by atoms with Gasteiger partial charge >= 0.3 is 5.97 Å². The van der Waals surface area contributed by atoms with Crippen LogP contribution in [-0.2, 0) is 9.53 Å². The summed E-state index contributed by atoms with van der Waals surface area (Å²) >= 11 is 2.87. The maximum atomic E-state index is 14.5. The van der Waals surface area contributed by atoms with Crippen molar-refractivity contribution in [3.8, 4) is 5.75 Å². The number of methoxy groups -OCH3 is 1. The molecule has 0 spiro atoms. The van der Waals surface area contributed by atoms with Gasteiger partial charge in [-0.05, 0) is 41.8 Å². The van der Waals surface area contributed by atoms with Crippen molar-refractivity contribution in [3.63, 3.8) is 0 Å². The third-order valence-electron chi connectivity index (χ3n) is 3.29. The van der Waals surface area contributed by atoms with Gasteiger partial charge in [0.15, 0.2) is 11.6 Å². The van der Waals surface area contributed by atoms with Gasteiger partial charge in [-0.3, -0.25) is 4.99 Å². The first-order valence-corrected chi connectivity index (χ1v) is 8.05. The van der Waals surface area contributed by atoms with E-state index in [0.29, 0.717) is 0 Å². The topological polar surface area (TPSA) is 68.1 Å². The van der Waals surface area contributed by atoms with Gasteiger partial charge in [0.2, 0.25) is 0 Å². The van der Waals surface area contributed by atoms with E-state index in [1.54, 1.807) is 6.92 Å². The molecule has 0 bridgehead atoms. The number of aliphatic hydroxyl groups excluding tert-OH is 1. The second-order valence-electron chi connectivity index (χ2n) is 5.06. The molecule has 1 aromatic carbocycles. The predicted molar refractivity (Wildman–Crippen MR) is 88.3 cm³/mol. The van der Waals surface area contributed by atoms with Crippen LogP contribution in [0.2, 0.25) is 0 Å². The number of halogens is 3. The number of hydrogen-bond acceptors (Lipinski definition) is 5. The van der Waals surface area contributed by atoms with E-state index in [4.69, 9.17) is 9.47 Å². The van der Waals surface area contributed by atoms with Gasteiger partial charge in [-0.2, -0.15) is 0 Å². The molecule has 1 aliphatic carbocycles. The molecule has 24 heavy (non-hydrogen) atoms. The number of esters is 1. The summed E-state index contributed by atoms with van der Waals surface area (Å²) in [7, 11) is 1.16. The highest BCUT2D eigenvalue weighted by Crippen LogP contribution is 2.35. The van der Waals surface area contributed by atoms with E-state index < -0.39 is 34.7 Å². The van der Waals surface area contributed by atoms with Crippen molar-refractivity contribution in [2.24, 2.45) is 4.99 Å². The minimum atomic E-state index is -1.01. The van der Waals surface area contributed by atoms with Crippen molar-refractivity contribution in [1.82, 2.24) is 0 Å². The van der Waals surface area contributed by atoms with E-state index in [-0.39, 0.29) is 22.7 Å². The van der Waals surface area contributed by atoms with Gasteiger partial charge in [0, 0.05) is 6.21 Å². The summed E-state index contributed by atoms with van der Waals surface area (Å²) < 4.78 is 37.8. The lowest BCUT2D eigenvalue weighted by Crippen LogP contribution is -2.12. The second kappa shape index (κ2) is 7.74. The molecule has 0 amide bonds. The van der Waals surface area contributed by atoms with Crippen molar-refractivity contribution in [2.75, 3.05) is 13.7 Å². The molecule has 0 unspecified atom stereocenters. The number of aliphatic hydroxyl groups is 1. The highest BCUT2D eigenvalue weighted by atomic mass is 79.9. The van der Waals surface area contributed by atoms with Crippen LogP contribution in [0, 0.1) is 11.6 Å². The molecule has 1 saturated carbocycles. The Hall–Kier alpha value is -1.96.